The maximum Gasteiger partial charge on any atom is 0.361 e. The van der Waals surface area contributed by atoms with Crippen LogP contribution in [0.15, 0.2) is 52.9 Å². The predicted octanol–water partition coefficient (Wildman–Crippen LogP) is 3.72. The summed E-state index contributed by atoms with van der Waals surface area (Å²) in [7, 11) is 0. The van der Waals surface area contributed by atoms with Crippen LogP contribution < -0.4 is 5.32 Å². The molecule has 0 fully saturated rings. The fourth-order valence-corrected chi connectivity index (χ4v) is 2.26. The van der Waals surface area contributed by atoms with E-state index in [0.29, 0.717) is 5.56 Å². The standard InChI is InChI=1S/C19H14F2N2O4/c1-11-17(23-18(27-11)12-5-3-2-4-6-12)19(25)26-10-16(24)22-13-7-8-14(20)15(21)9-13/h2-9H,10H2,1H3,(H,22,24). The van der Waals surface area contributed by atoms with Gasteiger partial charge < -0.3 is 14.5 Å². The monoisotopic (exact) mass is 372 g/mol. The number of aryl methyl sites for hydroxylation is 1. The molecule has 3 rings (SSSR count). The molecule has 0 unspecified atom stereocenters. The van der Waals surface area contributed by atoms with E-state index < -0.39 is 30.1 Å². The summed E-state index contributed by atoms with van der Waals surface area (Å²) in [6.07, 6.45) is 0. The molecule has 0 bridgehead atoms. The summed E-state index contributed by atoms with van der Waals surface area (Å²) in [5.74, 6) is -3.17. The first-order valence-corrected chi connectivity index (χ1v) is 7.89. The third kappa shape index (κ3) is 4.35. The minimum Gasteiger partial charge on any atom is -0.451 e. The lowest BCUT2D eigenvalue weighted by molar-refractivity contribution is -0.119. The molecule has 6 nitrogen and oxygen atoms in total. The van der Waals surface area contributed by atoms with Crippen molar-refractivity contribution in [2.75, 3.05) is 11.9 Å². The van der Waals surface area contributed by atoms with Crippen LogP contribution in [0.4, 0.5) is 14.5 Å². The van der Waals surface area contributed by atoms with E-state index in [-0.39, 0.29) is 23.0 Å². The van der Waals surface area contributed by atoms with E-state index in [1.165, 1.54) is 6.07 Å². The molecule has 0 saturated heterocycles. The molecule has 0 atom stereocenters. The maximum atomic E-state index is 13.1. The zero-order valence-electron chi connectivity index (χ0n) is 14.2. The van der Waals surface area contributed by atoms with Gasteiger partial charge in [-0.15, -0.1) is 0 Å². The number of rotatable bonds is 5. The Kier molecular flexibility index (Phi) is 5.25. The van der Waals surface area contributed by atoms with Crippen LogP contribution in [0.3, 0.4) is 0 Å². The Morgan fingerprint density at radius 1 is 1.11 bits per heavy atom. The lowest BCUT2D eigenvalue weighted by atomic mass is 10.2. The van der Waals surface area contributed by atoms with Crippen LogP contribution in [0, 0.1) is 18.6 Å². The van der Waals surface area contributed by atoms with Crippen LogP contribution in [0.5, 0.6) is 0 Å². The summed E-state index contributed by atoms with van der Waals surface area (Å²) in [6.45, 7) is 0.933. The molecule has 0 aliphatic rings. The van der Waals surface area contributed by atoms with Gasteiger partial charge in [-0.3, -0.25) is 4.79 Å². The number of ether oxygens (including phenoxy) is 1. The molecule has 0 radical (unpaired) electrons. The average molecular weight is 372 g/mol. The molecule has 2 aromatic carbocycles. The Labute approximate surface area is 152 Å². The van der Waals surface area contributed by atoms with Gasteiger partial charge in [-0.05, 0) is 31.2 Å². The summed E-state index contributed by atoms with van der Waals surface area (Å²) < 4.78 is 36.4. The van der Waals surface area contributed by atoms with E-state index in [0.717, 1.165) is 12.1 Å². The van der Waals surface area contributed by atoms with Gasteiger partial charge in [0.25, 0.3) is 5.91 Å². The largest absolute Gasteiger partial charge is 0.451 e. The normalized spacial score (nSPS) is 10.5. The molecule has 0 spiro atoms. The third-order valence-electron chi connectivity index (χ3n) is 3.55. The first-order valence-electron chi connectivity index (χ1n) is 7.89. The molecule has 3 aromatic rings. The SMILES string of the molecule is Cc1oc(-c2ccccc2)nc1C(=O)OCC(=O)Nc1ccc(F)c(F)c1. The van der Waals surface area contributed by atoms with E-state index in [9.17, 15) is 18.4 Å². The van der Waals surface area contributed by atoms with Gasteiger partial charge in [0.2, 0.25) is 5.89 Å². The molecular formula is C19H14F2N2O4. The zero-order chi connectivity index (χ0) is 19.4. The van der Waals surface area contributed by atoms with Crippen molar-refractivity contribution < 1.29 is 27.5 Å². The summed E-state index contributed by atoms with van der Waals surface area (Å²) in [5, 5.41) is 2.30. The van der Waals surface area contributed by atoms with E-state index in [2.05, 4.69) is 10.3 Å². The summed E-state index contributed by atoms with van der Waals surface area (Å²) >= 11 is 0. The van der Waals surface area contributed by atoms with Crippen molar-refractivity contribution in [2.45, 2.75) is 6.92 Å². The Balaban J connectivity index is 1.61. The van der Waals surface area contributed by atoms with E-state index in [1.54, 1.807) is 31.2 Å². The summed E-state index contributed by atoms with van der Waals surface area (Å²) in [5.41, 5.74) is 0.684. The van der Waals surface area contributed by atoms with E-state index in [1.807, 2.05) is 6.07 Å². The van der Waals surface area contributed by atoms with E-state index >= 15 is 0 Å². The first-order chi connectivity index (χ1) is 12.9. The fourth-order valence-electron chi connectivity index (χ4n) is 2.26. The first kappa shape index (κ1) is 18.2. The molecule has 8 heteroatoms. The fraction of sp³-hybridized carbons (Fsp3) is 0.105. The van der Waals surface area contributed by atoms with Crippen molar-refractivity contribution in [1.82, 2.24) is 4.98 Å². The number of carbonyl (C=O) groups excluding carboxylic acids is 2. The minimum atomic E-state index is -1.10. The third-order valence-corrected chi connectivity index (χ3v) is 3.55. The molecule has 1 amide bonds. The van der Waals surface area contributed by atoms with Gasteiger partial charge >= 0.3 is 5.97 Å². The molecule has 27 heavy (non-hydrogen) atoms. The number of carbonyl (C=O) groups is 2. The molecule has 0 saturated carbocycles. The number of amides is 1. The van der Waals surface area contributed by atoms with E-state index in [4.69, 9.17) is 9.15 Å². The second-order valence-electron chi connectivity index (χ2n) is 5.54. The molecule has 0 aliphatic carbocycles. The number of aromatic nitrogens is 1. The van der Waals surface area contributed by atoms with Crippen molar-refractivity contribution in [1.29, 1.82) is 0 Å². The number of hydrogen-bond donors (Lipinski definition) is 1. The van der Waals surface area contributed by atoms with Crippen LogP contribution in [-0.4, -0.2) is 23.5 Å². The van der Waals surface area contributed by atoms with Crippen molar-refractivity contribution in [3.8, 4) is 11.5 Å². The minimum absolute atomic E-state index is 0.0407. The maximum absolute atomic E-state index is 13.1. The van der Waals surface area contributed by atoms with Crippen molar-refractivity contribution in [3.05, 3.63) is 71.6 Å². The second kappa shape index (κ2) is 7.77. The number of hydrogen-bond acceptors (Lipinski definition) is 5. The zero-order valence-corrected chi connectivity index (χ0v) is 14.2. The number of anilines is 1. The Morgan fingerprint density at radius 3 is 2.56 bits per heavy atom. The number of halogens is 2. The topological polar surface area (TPSA) is 81.4 Å². The highest BCUT2D eigenvalue weighted by Crippen LogP contribution is 2.21. The van der Waals surface area contributed by atoms with Gasteiger partial charge in [0, 0.05) is 17.3 Å². The molecule has 1 heterocycles. The van der Waals surface area contributed by atoms with Crippen LogP contribution in [0.25, 0.3) is 11.5 Å². The highest BCUT2D eigenvalue weighted by molar-refractivity contribution is 5.95. The Morgan fingerprint density at radius 2 is 1.85 bits per heavy atom. The van der Waals surface area contributed by atoms with Crippen LogP contribution in [0.1, 0.15) is 16.2 Å². The number of esters is 1. The molecule has 138 valence electrons. The quantitative estimate of drug-likeness (QED) is 0.691. The van der Waals surface area contributed by atoms with Crippen LogP contribution in [0.2, 0.25) is 0 Å². The predicted molar refractivity (Wildman–Crippen MR) is 91.9 cm³/mol. The van der Waals surface area contributed by atoms with Crippen LogP contribution >= 0.6 is 0 Å². The smallest absolute Gasteiger partial charge is 0.361 e. The number of nitrogens with zero attached hydrogens (tertiary/aromatic N) is 1. The second-order valence-corrected chi connectivity index (χ2v) is 5.54. The summed E-state index contributed by atoms with van der Waals surface area (Å²) in [6, 6.07) is 11.9. The molecular weight excluding hydrogens is 358 g/mol. The van der Waals surface area contributed by atoms with Gasteiger partial charge in [0.1, 0.15) is 5.76 Å². The molecule has 1 N–H and O–H groups in total. The van der Waals surface area contributed by atoms with Gasteiger partial charge in [-0.1, -0.05) is 18.2 Å². The number of benzene rings is 2. The van der Waals surface area contributed by atoms with Gasteiger partial charge in [-0.25, -0.2) is 18.6 Å². The van der Waals surface area contributed by atoms with Crippen molar-refractivity contribution >= 4 is 17.6 Å². The Hall–Kier alpha value is -3.55. The molecule has 0 aliphatic heterocycles. The van der Waals surface area contributed by atoms with Crippen molar-refractivity contribution in [2.24, 2.45) is 0 Å². The van der Waals surface area contributed by atoms with Crippen LogP contribution in [-0.2, 0) is 9.53 Å². The van der Waals surface area contributed by atoms with Gasteiger partial charge in [-0.2, -0.15) is 0 Å². The number of nitrogens with one attached hydrogen (secondary N) is 1. The highest BCUT2D eigenvalue weighted by Gasteiger charge is 2.20. The summed E-state index contributed by atoms with van der Waals surface area (Å²) in [4.78, 5) is 28.0. The molecule has 1 aromatic heterocycles. The van der Waals surface area contributed by atoms with Gasteiger partial charge in [0.15, 0.2) is 23.9 Å². The lowest BCUT2D eigenvalue weighted by Gasteiger charge is -2.06. The Bertz CT molecular complexity index is 987. The van der Waals surface area contributed by atoms with Gasteiger partial charge in [0.05, 0.1) is 0 Å². The number of oxazole rings is 1. The lowest BCUT2D eigenvalue weighted by Crippen LogP contribution is -2.21. The average Bonchev–Trinajstić information content (AvgIpc) is 3.05. The van der Waals surface area contributed by atoms with Crippen molar-refractivity contribution in [3.63, 3.8) is 0 Å². The highest BCUT2D eigenvalue weighted by atomic mass is 19.2.